The Kier molecular flexibility index (Phi) is 4.35. The van der Waals surface area contributed by atoms with E-state index < -0.39 is 0 Å². The van der Waals surface area contributed by atoms with Crippen LogP contribution in [0, 0.1) is 11.3 Å². The van der Waals surface area contributed by atoms with E-state index in [2.05, 4.69) is 16.4 Å². The number of ether oxygens (including phenoxy) is 1. The van der Waals surface area contributed by atoms with Gasteiger partial charge in [-0.25, -0.2) is 4.98 Å². The van der Waals surface area contributed by atoms with E-state index in [1.807, 2.05) is 31.2 Å². The van der Waals surface area contributed by atoms with E-state index in [9.17, 15) is 0 Å². The van der Waals surface area contributed by atoms with Crippen LogP contribution in [0.1, 0.15) is 18.2 Å². The van der Waals surface area contributed by atoms with E-state index in [-0.39, 0.29) is 0 Å². The molecule has 19 heavy (non-hydrogen) atoms. The Balaban J connectivity index is 2.01. The minimum absolute atomic E-state index is 0.383. The molecule has 1 aromatic carbocycles. The SMILES string of the molecule is CCNc1cccc(COc2cccc(C#N)c2)n1. The fourth-order valence-corrected chi connectivity index (χ4v) is 1.65. The summed E-state index contributed by atoms with van der Waals surface area (Å²) in [6, 6.07) is 15.0. The van der Waals surface area contributed by atoms with Gasteiger partial charge in [-0.3, -0.25) is 0 Å². The highest BCUT2D eigenvalue weighted by Crippen LogP contribution is 2.14. The van der Waals surface area contributed by atoms with Gasteiger partial charge in [0.15, 0.2) is 0 Å². The van der Waals surface area contributed by atoms with Crippen LogP contribution in [0.2, 0.25) is 0 Å². The molecule has 1 N–H and O–H groups in total. The van der Waals surface area contributed by atoms with Crippen LogP contribution in [0.5, 0.6) is 5.75 Å². The van der Waals surface area contributed by atoms with Gasteiger partial charge in [0.1, 0.15) is 18.2 Å². The number of pyridine rings is 1. The van der Waals surface area contributed by atoms with Gasteiger partial charge in [-0.2, -0.15) is 5.26 Å². The van der Waals surface area contributed by atoms with E-state index in [1.54, 1.807) is 18.2 Å². The van der Waals surface area contributed by atoms with E-state index in [0.717, 1.165) is 18.1 Å². The Labute approximate surface area is 112 Å². The quantitative estimate of drug-likeness (QED) is 0.890. The van der Waals surface area contributed by atoms with Gasteiger partial charge in [-0.05, 0) is 37.3 Å². The molecular formula is C15H15N3O. The number of rotatable bonds is 5. The molecule has 0 fully saturated rings. The zero-order valence-corrected chi connectivity index (χ0v) is 10.8. The third kappa shape index (κ3) is 3.71. The molecule has 0 amide bonds. The second kappa shape index (κ2) is 6.41. The molecule has 4 heteroatoms. The summed E-state index contributed by atoms with van der Waals surface area (Å²) in [7, 11) is 0. The van der Waals surface area contributed by atoms with Crippen molar-refractivity contribution in [1.82, 2.24) is 4.98 Å². The van der Waals surface area contributed by atoms with Gasteiger partial charge in [0, 0.05) is 6.54 Å². The van der Waals surface area contributed by atoms with Crippen molar-refractivity contribution in [2.24, 2.45) is 0 Å². The van der Waals surface area contributed by atoms with Crippen molar-refractivity contribution in [3.8, 4) is 11.8 Å². The topological polar surface area (TPSA) is 57.9 Å². The number of hydrogen-bond acceptors (Lipinski definition) is 4. The normalized spacial score (nSPS) is 9.68. The van der Waals surface area contributed by atoms with E-state index in [0.29, 0.717) is 17.9 Å². The van der Waals surface area contributed by atoms with Crippen LogP contribution in [0.3, 0.4) is 0 Å². The lowest BCUT2D eigenvalue weighted by Crippen LogP contribution is -2.03. The highest BCUT2D eigenvalue weighted by atomic mass is 16.5. The maximum absolute atomic E-state index is 8.82. The number of aromatic nitrogens is 1. The second-order valence-corrected chi connectivity index (χ2v) is 3.97. The fraction of sp³-hybridized carbons (Fsp3) is 0.200. The minimum atomic E-state index is 0.383. The largest absolute Gasteiger partial charge is 0.487 e. The first kappa shape index (κ1) is 12.9. The summed E-state index contributed by atoms with van der Waals surface area (Å²) in [4.78, 5) is 4.42. The highest BCUT2D eigenvalue weighted by Gasteiger charge is 2.00. The average Bonchev–Trinajstić information content (AvgIpc) is 2.46. The van der Waals surface area contributed by atoms with E-state index >= 15 is 0 Å². The number of nitrogens with zero attached hydrogens (tertiary/aromatic N) is 2. The molecule has 0 bridgehead atoms. The van der Waals surface area contributed by atoms with Crippen LogP contribution in [-0.2, 0) is 6.61 Å². The zero-order chi connectivity index (χ0) is 13.5. The molecule has 0 aliphatic rings. The molecule has 4 nitrogen and oxygen atoms in total. The molecule has 0 atom stereocenters. The smallest absolute Gasteiger partial charge is 0.130 e. The molecule has 0 radical (unpaired) electrons. The third-order valence-electron chi connectivity index (χ3n) is 2.51. The van der Waals surface area contributed by atoms with Crippen molar-refractivity contribution < 1.29 is 4.74 Å². The van der Waals surface area contributed by atoms with Crippen molar-refractivity contribution in [1.29, 1.82) is 5.26 Å². The van der Waals surface area contributed by atoms with Crippen LogP contribution in [0.15, 0.2) is 42.5 Å². The van der Waals surface area contributed by atoms with Gasteiger partial charge in [0.25, 0.3) is 0 Å². The lowest BCUT2D eigenvalue weighted by atomic mass is 10.2. The summed E-state index contributed by atoms with van der Waals surface area (Å²) in [6.07, 6.45) is 0. The molecule has 0 spiro atoms. The molecule has 0 aliphatic carbocycles. The highest BCUT2D eigenvalue weighted by molar-refractivity contribution is 5.37. The van der Waals surface area contributed by atoms with Crippen LogP contribution in [-0.4, -0.2) is 11.5 Å². The summed E-state index contributed by atoms with van der Waals surface area (Å²) in [5.74, 6) is 1.52. The van der Waals surface area contributed by atoms with Crippen LogP contribution in [0.25, 0.3) is 0 Å². The van der Waals surface area contributed by atoms with Crippen molar-refractivity contribution in [2.45, 2.75) is 13.5 Å². The minimum Gasteiger partial charge on any atom is -0.487 e. The van der Waals surface area contributed by atoms with Crippen molar-refractivity contribution in [3.63, 3.8) is 0 Å². The molecule has 0 saturated carbocycles. The standard InChI is InChI=1S/C15H15N3O/c1-2-17-15-8-4-6-13(18-15)11-19-14-7-3-5-12(9-14)10-16/h3-9H,2,11H2,1H3,(H,17,18). The maximum atomic E-state index is 8.82. The lowest BCUT2D eigenvalue weighted by molar-refractivity contribution is 0.301. The van der Waals surface area contributed by atoms with Crippen molar-refractivity contribution in [2.75, 3.05) is 11.9 Å². The first-order valence-corrected chi connectivity index (χ1v) is 6.14. The van der Waals surface area contributed by atoms with Crippen LogP contribution >= 0.6 is 0 Å². The molecule has 0 unspecified atom stereocenters. The van der Waals surface area contributed by atoms with Gasteiger partial charge in [0.2, 0.25) is 0 Å². The zero-order valence-electron chi connectivity index (χ0n) is 10.8. The van der Waals surface area contributed by atoms with Gasteiger partial charge in [0.05, 0.1) is 17.3 Å². The average molecular weight is 253 g/mol. The van der Waals surface area contributed by atoms with E-state index in [1.165, 1.54) is 0 Å². The number of nitrogens with one attached hydrogen (secondary N) is 1. The van der Waals surface area contributed by atoms with Gasteiger partial charge in [-0.1, -0.05) is 12.1 Å². The molecule has 2 aromatic rings. The lowest BCUT2D eigenvalue weighted by Gasteiger charge is -2.08. The maximum Gasteiger partial charge on any atom is 0.130 e. The Morgan fingerprint density at radius 2 is 2.11 bits per heavy atom. The van der Waals surface area contributed by atoms with Gasteiger partial charge >= 0.3 is 0 Å². The van der Waals surface area contributed by atoms with Crippen molar-refractivity contribution in [3.05, 3.63) is 53.7 Å². The van der Waals surface area contributed by atoms with E-state index in [4.69, 9.17) is 10.00 Å². The monoisotopic (exact) mass is 253 g/mol. The molecular weight excluding hydrogens is 238 g/mol. The molecule has 96 valence electrons. The third-order valence-corrected chi connectivity index (χ3v) is 2.51. The molecule has 0 aliphatic heterocycles. The molecule has 1 aromatic heterocycles. The number of benzene rings is 1. The summed E-state index contributed by atoms with van der Waals surface area (Å²) in [5, 5.41) is 12.0. The number of nitriles is 1. The molecule has 0 saturated heterocycles. The first-order valence-electron chi connectivity index (χ1n) is 6.14. The number of hydrogen-bond donors (Lipinski definition) is 1. The van der Waals surface area contributed by atoms with Gasteiger partial charge in [-0.15, -0.1) is 0 Å². The fourth-order valence-electron chi connectivity index (χ4n) is 1.65. The summed E-state index contributed by atoms with van der Waals surface area (Å²) in [6.45, 7) is 3.24. The summed E-state index contributed by atoms with van der Waals surface area (Å²) < 4.78 is 5.63. The van der Waals surface area contributed by atoms with Crippen LogP contribution < -0.4 is 10.1 Å². The van der Waals surface area contributed by atoms with Gasteiger partial charge < -0.3 is 10.1 Å². The molecule has 1 heterocycles. The Morgan fingerprint density at radius 1 is 1.26 bits per heavy atom. The summed E-state index contributed by atoms with van der Waals surface area (Å²) in [5.41, 5.74) is 1.44. The predicted molar refractivity (Wildman–Crippen MR) is 73.9 cm³/mol. The Hall–Kier alpha value is -2.54. The number of anilines is 1. The Morgan fingerprint density at radius 3 is 2.89 bits per heavy atom. The predicted octanol–water partition coefficient (Wildman–Crippen LogP) is 2.96. The molecule has 2 rings (SSSR count). The van der Waals surface area contributed by atoms with Crippen LogP contribution in [0.4, 0.5) is 5.82 Å². The Bertz CT molecular complexity index is 590. The first-order chi connectivity index (χ1) is 9.31. The summed E-state index contributed by atoms with van der Waals surface area (Å²) >= 11 is 0. The van der Waals surface area contributed by atoms with Crippen molar-refractivity contribution >= 4 is 5.82 Å². The second-order valence-electron chi connectivity index (χ2n) is 3.97.